The maximum atomic E-state index is 6.15. The predicted octanol–water partition coefficient (Wildman–Crippen LogP) is 3.22. The fourth-order valence-corrected chi connectivity index (χ4v) is 2.41. The molecule has 1 aromatic carbocycles. The minimum atomic E-state index is -0.110. The van der Waals surface area contributed by atoms with E-state index in [0.29, 0.717) is 13.2 Å². The molecular formula is C16H25NO2. The summed E-state index contributed by atoms with van der Waals surface area (Å²) in [6.07, 6.45) is 3.40. The van der Waals surface area contributed by atoms with Crippen molar-refractivity contribution in [2.75, 3.05) is 13.2 Å². The van der Waals surface area contributed by atoms with Gasteiger partial charge < -0.3 is 15.2 Å². The summed E-state index contributed by atoms with van der Waals surface area (Å²) in [5, 5.41) is 0. The molecule has 19 heavy (non-hydrogen) atoms. The molecule has 0 heterocycles. The number of benzene rings is 1. The van der Waals surface area contributed by atoms with E-state index in [1.807, 2.05) is 26.8 Å². The third-order valence-electron chi connectivity index (χ3n) is 3.37. The zero-order valence-electron chi connectivity index (χ0n) is 12.2. The van der Waals surface area contributed by atoms with E-state index in [4.69, 9.17) is 15.2 Å². The van der Waals surface area contributed by atoms with Crippen LogP contribution in [0.15, 0.2) is 18.2 Å². The average molecular weight is 263 g/mol. The van der Waals surface area contributed by atoms with Gasteiger partial charge in [-0.2, -0.15) is 0 Å². The molecule has 1 unspecified atom stereocenters. The first kappa shape index (κ1) is 14.4. The number of fused-ring (bicyclic) bond motifs is 1. The number of hydrogen-bond donors (Lipinski definition) is 1. The van der Waals surface area contributed by atoms with Crippen molar-refractivity contribution in [3.05, 3.63) is 29.3 Å². The zero-order chi connectivity index (χ0) is 13.9. The van der Waals surface area contributed by atoms with Crippen molar-refractivity contribution in [1.82, 2.24) is 0 Å². The molecule has 1 aliphatic rings. The first-order valence-electron chi connectivity index (χ1n) is 7.11. The lowest BCUT2D eigenvalue weighted by atomic mass is 9.88. The van der Waals surface area contributed by atoms with Crippen LogP contribution in [0.3, 0.4) is 0 Å². The number of nitrogens with two attached hydrogens (primary N) is 1. The standard InChI is InChI=1S/C16H25NO2/c1-16(2,3)19-10-9-18-13-8-7-12-5-4-6-15(17)14(12)11-13/h7-8,11,15H,4-6,9-10,17H2,1-3H3. The Morgan fingerprint density at radius 2 is 2.05 bits per heavy atom. The molecule has 1 aromatic rings. The van der Waals surface area contributed by atoms with Crippen LogP contribution in [-0.4, -0.2) is 18.8 Å². The van der Waals surface area contributed by atoms with Gasteiger partial charge in [0.15, 0.2) is 0 Å². The molecule has 0 aromatic heterocycles. The molecule has 0 saturated carbocycles. The molecule has 0 radical (unpaired) electrons. The van der Waals surface area contributed by atoms with Crippen LogP contribution in [0.1, 0.15) is 50.8 Å². The van der Waals surface area contributed by atoms with Crippen LogP contribution in [0, 0.1) is 0 Å². The van der Waals surface area contributed by atoms with Gasteiger partial charge in [-0.05, 0) is 63.3 Å². The molecule has 106 valence electrons. The van der Waals surface area contributed by atoms with Gasteiger partial charge in [0.25, 0.3) is 0 Å². The Kier molecular flexibility index (Phi) is 4.48. The Hall–Kier alpha value is -1.06. The molecule has 0 spiro atoms. The normalized spacial score (nSPS) is 19.1. The molecule has 1 aliphatic carbocycles. The van der Waals surface area contributed by atoms with Crippen LogP contribution in [-0.2, 0) is 11.2 Å². The molecule has 3 heteroatoms. The van der Waals surface area contributed by atoms with Gasteiger partial charge in [-0.3, -0.25) is 0 Å². The molecule has 1 atom stereocenters. The van der Waals surface area contributed by atoms with Gasteiger partial charge in [0, 0.05) is 6.04 Å². The Labute approximate surface area is 116 Å². The Morgan fingerprint density at radius 3 is 2.79 bits per heavy atom. The van der Waals surface area contributed by atoms with E-state index in [1.54, 1.807) is 0 Å². The Bertz CT molecular complexity index is 423. The maximum Gasteiger partial charge on any atom is 0.119 e. The van der Waals surface area contributed by atoms with E-state index in [9.17, 15) is 0 Å². The number of rotatable bonds is 4. The van der Waals surface area contributed by atoms with Crippen LogP contribution in [0.4, 0.5) is 0 Å². The molecule has 3 nitrogen and oxygen atoms in total. The predicted molar refractivity (Wildman–Crippen MR) is 77.5 cm³/mol. The summed E-state index contributed by atoms with van der Waals surface area (Å²) < 4.78 is 11.4. The fourth-order valence-electron chi connectivity index (χ4n) is 2.41. The van der Waals surface area contributed by atoms with Gasteiger partial charge in [-0.25, -0.2) is 0 Å². The Morgan fingerprint density at radius 1 is 1.26 bits per heavy atom. The third-order valence-corrected chi connectivity index (χ3v) is 3.37. The van der Waals surface area contributed by atoms with Crippen LogP contribution < -0.4 is 10.5 Å². The first-order chi connectivity index (χ1) is 8.96. The average Bonchev–Trinajstić information content (AvgIpc) is 2.34. The molecule has 2 N–H and O–H groups in total. The lowest BCUT2D eigenvalue weighted by molar-refractivity contribution is -0.0163. The van der Waals surface area contributed by atoms with Crippen molar-refractivity contribution < 1.29 is 9.47 Å². The van der Waals surface area contributed by atoms with E-state index in [0.717, 1.165) is 18.6 Å². The first-order valence-corrected chi connectivity index (χ1v) is 7.11. The van der Waals surface area contributed by atoms with Gasteiger partial charge in [0.2, 0.25) is 0 Å². The van der Waals surface area contributed by atoms with Crippen LogP contribution in [0.5, 0.6) is 5.75 Å². The maximum absolute atomic E-state index is 6.15. The van der Waals surface area contributed by atoms with Gasteiger partial charge in [0.05, 0.1) is 12.2 Å². The summed E-state index contributed by atoms with van der Waals surface area (Å²) in [5.74, 6) is 0.897. The molecular weight excluding hydrogens is 238 g/mol. The van der Waals surface area contributed by atoms with Gasteiger partial charge in [-0.15, -0.1) is 0 Å². The Balaban J connectivity index is 1.89. The summed E-state index contributed by atoms with van der Waals surface area (Å²) in [5.41, 5.74) is 8.66. The van der Waals surface area contributed by atoms with Gasteiger partial charge in [-0.1, -0.05) is 6.07 Å². The SMILES string of the molecule is CC(C)(C)OCCOc1ccc2c(c1)C(N)CCC2. The lowest BCUT2D eigenvalue weighted by Crippen LogP contribution is -2.22. The number of hydrogen-bond acceptors (Lipinski definition) is 3. The second kappa shape index (κ2) is 5.93. The van der Waals surface area contributed by atoms with Crippen molar-refractivity contribution >= 4 is 0 Å². The summed E-state index contributed by atoms with van der Waals surface area (Å²) in [7, 11) is 0. The molecule has 2 rings (SSSR count). The second-order valence-corrected chi connectivity index (χ2v) is 6.17. The van der Waals surface area contributed by atoms with Crippen molar-refractivity contribution in [2.24, 2.45) is 5.73 Å². The van der Waals surface area contributed by atoms with E-state index in [2.05, 4.69) is 12.1 Å². The van der Waals surface area contributed by atoms with Gasteiger partial charge in [0.1, 0.15) is 12.4 Å². The van der Waals surface area contributed by atoms with Crippen molar-refractivity contribution in [3.63, 3.8) is 0 Å². The summed E-state index contributed by atoms with van der Waals surface area (Å²) in [4.78, 5) is 0. The van der Waals surface area contributed by atoms with E-state index >= 15 is 0 Å². The van der Waals surface area contributed by atoms with Crippen LogP contribution in [0.2, 0.25) is 0 Å². The summed E-state index contributed by atoms with van der Waals surface area (Å²) in [6, 6.07) is 6.44. The topological polar surface area (TPSA) is 44.5 Å². The molecule has 0 saturated heterocycles. The van der Waals surface area contributed by atoms with E-state index < -0.39 is 0 Å². The van der Waals surface area contributed by atoms with E-state index in [1.165, 1.54) is 17.5 Å². The van der Waals surface area contributed by atoms with Crippen LogP contribution in [0.25, 0.3) is 0 Å². The highest BCUT2D eigenvalue weighted by Crippen LogP contribution is 2.30. The lowest BCUT2D eigenvalue weighted by Gasteiger charge is -2.23. The molecule has 0 aliphatic heterocycles. The van der Waals surface area contributed by atoms with Crippen molar-refractivity contribution in [3.8, 4) is 5.75 Å². The second-order valence-electron chi connectivity index (χ2n) is 6.17. The van der Waals surface area contributed by atoms with Crippen LogP contribution >= 0.6 is 0 Å². The quantitative estimate of drug-likeness (QED) is 0.848. The highest BCUT2D eigenvalue weighted by atomic mass is 16.5. The largest absolute Gasteiger partial charge is 0.491 e. The molecule has 0 fully saturated rings. The fraction of sp³-hybridized carbons (Fsp3) is 0.625. The highest BCUT2D eigenvalue weighted by Gasteiger charge is 2.17. The number of aryl methyl sites for hydroxylation is 1. The minimum absolute atomic E-state index is 0.110. The smallest absolute Gasteiger partial charge is 0.119 e. The number of ether oxygens (including phenoxy) is 2. The van der Waals surface area contributed by atoms with Crippen molar-refractivity contribution in [2.45, 2.75) is 51.7 Å². The highest BCUT2D eigenvalue weighted by molar-refractivity contribution is 5.39. The van der Waals surface area contributed by atoms with Crippen molar-refractivity contribution in [1.29, 1.82) is 0 Å². The molecule has 0 bridgehead atoms. The third kappa shape index (κ3) is 4.22. The summed E-state index contributed by atoms with van der Waals surface area (Å²) >= 11 is 0. The minimum Gasteiger partial charge on any atom is -0.491 e. The zero-order valence-corrected chi connectivity index (χ0v) is 12.2. The van der Waals surface area contributed by atoms with Gasteiger partial charge >= 0.3 is 0 Å². The summed E-state index contributed by atoms with van der Waals surface area (Å²) in [6.45, 7) is 7.32. The molecule has 0 amide bonds. The monoisotopic (exact) mass is 263 g/mol. The van der Waals surface area contributed by atoms with E-state index in [-0.39, 0.29) is 11.6 Å².